The molecule has 22 heavy (non-hydrogen) atoms. The first-order valence-electron chi connectivity index (χ1n) is 5.92. The summed E-state index contributed by atoms with van der Waals surface area (Å²) in [6.45, 7) is 0. The van der Waals surface area contributed by atoms with Gasteiger partial charge in [0.15, 0.2) is 29.1 Å². The standard InChI is InChI=1S/C15H8F5NO/c16-11-10(12(17)14(19)15(20)13(11)18)9(22)6-3-7-1-4-8(21)5-2-7/h1-6H,21H2/b6-3+. The second-order valence-corrected chi connectivity index (χ2v) is 4.31. The Balaban J connectivity index is 2.40. The van der Waals surface area contributed by atoms with E-state index >= 15 is 0 Å². The minimum atomic E-state index is -2.31. The molecule has 0 amide bonds. The lowest BCUT2D eigenvalue weighted by molar-refractivity contribution is 0.103. The minimum absolute atomic E-state index is 0.461. The lowest BCUT2D eigenvalue weighted by Gasteiger charge is -2.05. The van der Waals surface area contributed by atoms with Gasteiger partial charge in [0.25, 0.3) is 0 Å². The summed E-state index contributed by atoms with van der Waals surface area (Å²) in [7, 11) is 0. The number of anilines is 1. The first-order valence-corrected chi connectivity index (χ1v) is 5.92. The van der Waals surface area contributed by atoms with Crippen LogP contribution in [0.4, 0.5) is 27.6 Å². The van der Waals surface area contributed by atoms with Gasteiger partial charge in [-0.2, -0.15) is 0 Å². The number of ketones is 1. The first kappa shape index (κ1) is 15.7. The molecule has 114 valence electrons. The highest BCUT2D eigenvalue weighted by atomic mass is 19.2. The van der Waals surface area contributed by atoms with Crippen LogP contribution in [0.5, 0.6) is 0 Å². The smallest absolute Gasteiger partial charge is 0.200 e. The Kier molecular flexibility index (Phi) is 4.25. The van der Waals surface area contributed by atoms with Crippen molar-refractivity contribution in [2.24, 2.45) is 0 Å². The van der Waals surface area contributed by atoms with E-state index in [9.17, 15) is 26.7 Å². The van der Waals surface area contributed by atoms with E-state index in [0.717, 1.165) is 0 Å². The van der Waals surface area contributed by atoms with E-state index in [0.29, 0.717) is 17.3 Å². The minimum Gasteiger partial charge on any atom is -0.399 e. The fraction of sp³-hybridized carbons (Fsp3) is 0. The highest BCUT2D eigenvalue weighted by Crippen LogP contribution is 2.23. The van der Waals surface area contributed by atoms with Gasteiger partial charge in [0.2, 0.25) is 5.82 Å². The normalized spacial score (nSPS) is 11.1. The molecule has 0 saturated heterocycles. The maximum Gasteiger partial charge on any atom is 0.200 e. The predicted molar refractivity (Wildman–Crippen MR) is 70.5 cm³/mol. The van der Waals surface area contributed by atoms with Gasteiger partial charge in [-0.05, 0) is 23.8 Å². The average Bonchev–Trinajstić information content (AvgIpc) is 2.50. The highest BCUT2D eigenvalue weighted by molar-refractivity contribution is 6.07. The molecular weight excluding hydrogens is 305 g/mol. The Hall–Kier alpha value is -2.70. The Morgan fingerprint density at radius 2 is 1.27 bits per heavy atom. The SMILES string of the molecule is Nc1ccc(/C=C/C(=O)c2c(F)c(F)c(F)c(F)c2F)cc1. The van der Waals surface area contributed by atoms with Crippen LogP contribution in [0.3, 0.4) is 0 Å². The summed E-state index contributed by atoms with van der Waals surface area (Å²) in [6.07, 6.45) is 1.88. The number of rotatable bonds is 3. The number of benzene rings is 2. The molecule has 2 rings (SSSR count). The number of allylic oxidation sites excluding steroid dienone is 1. The highest BCUT2D eigenvalue weighted by Gasteiger charge is 2.28. The van der Waals surface area contributed by atoms with Gasteiger partial charge in [-0.15, -0.1) is 0 Å². The maximum atomic E-state index is 13.4. The summed E-state index contributed by atoms with van der Waals surface area (Å²) in [5.41, 5.74) is 4.88. The third-order valence-corrected chi connectivity index (χ3v) is 2.82. The fourth-order valence-corrected chi connectivity index (χ4v) is 1.68. The molecule has 0 aliphatic rings. The molecule has 0 unspecified atom stereocenters. The van der Waals surface area contributed by atoms with Gasteiger partial charge in [0.05, 0.1) is 5.56 Å². The number of hydrogen-bond acceptors (Lipinski definition) is 2. The molecule has 0 fully saturated rings. The molecule has 0 spiro atoms. The zero-order valence-electron chi connectivity index (χ0n) is 10.8. The van der Waals surface area contributed by atoms with Crippen LogP contribution in [0, 0.1) is 29.1 Å². The summed E-state index contributed by atoms with van der Waals surface area (Å²) in [6, 6.07) is 6.06. The monoisotopic (exact) mass is 313 g/mol. The number of hydrogen-bond donors (Lipinski definition) is 1. The quantitative estimate of drug-likeness (QED) is 0.233. The lowest BCUT2D eigenvalue weighted by atomic mass is 10.1. The number of nitrogen functional groups attached to an aromatic ring is 1. The summed E-state index contributed by atoms with van der Waals surface area (Å²) in [4.78, 5) is 11.7. The molecule has 7 heteroatoms. The molecule has 0 aromatic heterocycles. The first-order chi connectivity index (χ1) is 10.3. The Bertz CT molecular complexity index is 739. The van der Waals surface area contributed by atoms with Gasteiger partial charge in [0, 0.05) is 5.69 Å². The molecule has 2 nitrogen and oxygen atoms in total. The van der Waals surface area contributed by atoms with Crippen molar-refractivity contribution in [1.82, 2.24) is 0 Å². The second kappa shape index (κ2) is 5.97. The summed E-state index contributed by atoms with van der Waals surface area (Å²) >= 11 is 0. The van der Waals surface area contributed by atoms with Crippen molar-refractivity contribution in [2.75, 3.05) is 5.73 Å². The number of carbonyl (C=O) groups excluding carboxylic acids is 1. The van der Waals surface area contributed by atoms with E-state index < -0.39 is 40.4 Å². The molecule has 0 bridgehead atoms. The van der Waals surface area contributed by atoms with Gasteiger partial charge in [-0.25, -0.2) is 22.0 Å². The third kappa shape index (κ3) is 2.83. The number of nitrogens with two attached hydrogens (primary N) is 1. The molecule has 0 saturated carbocycles. The summed E-state index contributed by atoms with van der Waals surface area (Å²) in [5.74, 6) is -12.3. The van der Waals surface area contributed by atoms with Crippen LogP contribution in [0.25, 0.3) is 6.08 Å². The molecule has 0 aliphatic heterocycles. The van der Waals surface area contributed by atoms with Crippen molar-refractivity contribution >= 4 is 17.5 Å². The van der Waals surface area contributed by atoms with E-state index in [2.05, 4.69) is 0 Å². The van der Waals surface area contributed by atoms with Crippen molar-refractivity contribution in [1.29, 1.82) is 0 Å². The van der Waals surface area contributed by atoms with Crippen molar-refractivity contribution in [3.05, 3.63) is 70.6 Å². The molecule has 0 heterocycles. The van der Waals surface area contributed by atoms with Gasteiger partial charge in [-0.3, -0.25) is 4.79 Å². The molecule has 2 aromatic rings. The van der Waals surface area contributed by atoms with Crippen molar-refractivity contribution in [3.8, 4) is 0 Å². The van der Waals surface area contributed by atoms with Crippen LogP contribution in [0.2, 0.25) is 0 Å². The van der Waals surface area contributed by atoms with E-state index in [-0.39, 0.29) is 0 Å². The van der Waals surface area contributed by atoms with Crippen LogP contribution in [-0.4, -0.2) is 5.78 Å². The molecule has 0 atom stereocenters. The van der Waals surface area contributed by atoms with Gasteiger partial charge < -0.3 is 5.73 Å². The largest absolute Gasteiger partial charge is 0.399 e. The van der Waals surface area contributed by atoms with Crippen molar-refractivity contribution < 1.29 is 26.7 Å². The third-order valence-electron chi connectivity index (χ3n) is 2.82. The Morgan fingerprint density at radius 3 is 1.77 bits per heavy atom. The van der Waals surface area contributed by atoms with Crippen LogP contribution in [-0.2, 0) is 0 Å². The van der Waals surface area contributed by atoms with Crippen molar-refractivity contribution in [3.63, 3.8) is 0 Å². The number of halogens is 5. The van der Waals surface area contributed by atoms with E-state index in [1.165, 1.54) is 30.3 Å². The zero-order chi connectivity index (χ0) is 16.4. The van der Waals surface area contributed by atoms with Crippen LogP contribution >= 0.6 is 0 Å². The molecule has 2 N–H and O–H groups in total. The average molecular weight is 313 g/mol. The van der Waals surface area contributed by atoms with Crippen molar-refractivity contribution in [2.45, 2.75) is 0 Å². The van der Waals surface area contributed by atoms with Gasteiger partial charge in [-0.1, -0.05) is 18.2 Å². The zero-order valence-corrected chi connectivity index (χ0v) is 10.8. The molecule has 2 aromatic carbocycles. The van der Waals surface area contributed by atoms with Gasteiger partial charge >= 0.3 is 0 Å². The molecular formula is C15H8F5NO. The summed E-state index contributed by atoms with van der Waals surface area (Å²) < 4.78 is 65.8. The van der Waals surface area contributed by atoms with E-state index in [4.69, 9.17) is 5.73 Å². The Morgan fingerprint density at radius 1 is 0.818 bits per heavy atom. The van der Waals surface area contributed by atoms with Crippen LogP contribution < -0.4 is 5.73 Å². The second-order valence-electron chi connectivity index (χ2n) is 4.31. The van der Waals surface area contributed by atoms with E-state index in [1.54, 1.807) is 0 Å². The van der Waals surface area contributed by atoms with Gasteiger partial charge in [0.1, 0.15) is 0 Å². The van der Waals surface area contributed by atoms with Crippen LogP contribution in [0.1, 0.15) is 15.9 Å². The molecule has 0 radical (unpaired) electrons. The Labute approximate surface area is 121 Å². The predicted octanol–water partition coefficient (Wildman–Crippen LogP) is 3.86. The summed E-state index contributed by atoms with van der Waals surface area (Å²) in [5, 5.41) is 0. The fourth-order valence-electron chi connectivity index (χ4n) is 1.68. The van der Waals surface area contributed by atoms with Crippen LogP contribution in [0.15, 0.2) is 30.3 Å². The molecule has 0 aliphatic carbocycles. The van der Waals surface area contributed by atoms with E-state index in [1.807, 2.05) is 0 Å². The maximum absolute atomic E-state index is 13.4. The number of carbonyl (C=O) groups is 1. The topological polar surface area (TPSA) is 43.1 Å². The lowest BCUT2D eigenvalue weighted by Crippen LogP contribution is -2.11.